The number of carbonyl (C=O) groups is 3. The van der Waals surface area contributed by atoms with Gasteiger partial charge in [-0.15, -0.1) is 0 Å². The molecule has 8 nitrogen and oxygen atoms in total. The molecule has 0 radical (unpaired) electrons. The van der Waals surface area contributed by atoms with Gasteiger partial charge in [0.15, 0.2) is 0 Å². The third kappa shape index (κ3) is 3.45. The van der Waals surface area contributed by atoms with Crippen LogP contribution >= 0.6 is 0 Å². The Kier molecular flexibility index (Phi) is 4.85. The van der Waals surface area contributed by atoms with Gasteiger partial charge in [0.1, 0.15) is 6.04 Å². The lowest BCUT2D eigenvalue weighted by Crippen LogP contribution is -2.62. The van der Waals surface area contributed by atoms with Crippen molar-refractivity contribution in [2.45, 2.75) is 38.0 Å². The summed E-state index contributed by atoms with van der Waals surface area (Å²) in [6.07, 6.45) is 0.683. The Morgan fingerprint density at radius 2 is 1.86 bits per heavy atom. The van der Waals surface area contributed by atoms with E-state index in [1.165, 1.54) is 5.56 Å². The van der Waals surface area contributed by atoms with E-state index in [-0.39, 0.29) is 24.1 Å². The number of piperazine rings is 1. The fraction of sp³-hybridized carbons (Fsp3) is 0.571. The van der Waals surface area contributed by atoms with Crippen molar-refractivity contribution >= 4 is 17.7 Å². The number of fused-ring (bicyclic) bond motifs is 1. The molecule has 3 fully saturated rings. The maximum atomic E-state index is 12.9. The van der Waals surface area contributed by atoms with Crippen molar-refractivity contribution in [2.75, 3.05) is 39.3 Å². The van der Waals surface area contributed by atoms with Crippen molar-refractivity contribution < 1.29 is 14.4 Å². The summed E-state index contributed by atoms with van der Waals surface area (Å²) < 4.78 is 0. The fourth-order valence-electron chi connectivity index (χ4n) is 4.99. The molecule has 4 heterocycles. The van der Waals surface area contributed by atoms with Crippen LogP contribution in [0.3, 0.4) is 0 Å². The molecule has 0 spiro atoms. The van der Waals surface area contributed by atoms with E-state index in [9.17, 15) is 14.4 Å². The molecule has 1 unspecified atom stereocenters. The minimum absolute atomic E-state index is 0.0985. The summed E-state index contributed by atoms with van der Waals surface area (Å²) in [4.78, 5) is 43.3. The molecule has 3 saturated heterocycles. The number of amides is 3. The number of nitrogens with one attached hydrogen (secondary N) is 2. The van der Waals surface area contributed by atoms with Crippen LogP contribution in [0, 0.1) is 0 Å². The standard InChI is InChI=1S/C21H27N5O3/c27-19-5-4-18(20(28)23-19)26-13-17-14(2-1-3-16(17)21(26)29)10-24-11-15(12-24)25-8-6-22-7-9-25/h1-3,15,18,22H,4-13H2,(H,23,27,28). The van der Waals surface area contributed by atoms with Crippen molar-refractivity contribution in [1.29, 1.82) is 0 Å². The molecule has 2 N–H and O–H groups in total. The van der Waals surface area contributed by atoms with Gasteiger partial charge in [0.25, 0.3) is 5.91 Å². The second kappa shape index (κ2) is 7.51. The number of nitrogens with zero attached hydrogens (tertiary/aromatic N) is 3. The average molecular weight is 397 g/mol. The first-order valence-corrected chi connectivity index (χ1v) is 10.5. The van der Waals surface area contributed by atoms with E-state index in [2.05, 4.69) is 26.5 Å². The Hall–Kier alpha value is -2.29. The van der Waals surface area contributed by atoms with Crippen molar-refractivity contribution in [3.63, 3.8) is 0 Å². The van der Waals surface area contributed by atoms with E-state index in [1.54, 1.807) is 4.90 Å². The van der Waals surface area contributed by atoms with Gasteiger partial charge in [0.2, 0.25) is 11.8 Å². The molecule has 8 heteroatoms. The monoisotopic (exact) mass is 397 g/mol. The van der Waals surface area contributed by atoms with Gasteiger partial charge < -0.3 is 10.2 Å². The molecule has 3 amide bonds. The van der Waals surface area contributed by atoms with Gasteiger partial charge in [0.05, 0.1) is 0 Å². The third-order valence-electron chi connectivity index (χ3n) is 6.68. The molecular formula is C21H27N5O3. The van der Waals surface area contributed by atoms with E-state index in [0.717, 1.165) is 51.4 Å². The van der Waals surface area contributed by atoms with Gasteiger partial charge in [-0.25, -0.2) is 0 Å². The maximum absolute atomic E-state index is 12.9. The second-order valence-corrected chi connectivity index (χ2v) is 8.48. The van der Waals surface area contributed by atoms with Crippen LogP contribution in [0.5, 0.6) is 0 Å². The van der Waals surface area contributed by atoms with Gasteiger partial charge in [-0.2, -0.15) is 0 Å². The Morgan fingerprint density at radius 1 is 1.07 bits per heavy atom. The SMILES string of the molecule is O=C1CCC(N2Cc3c(CN4CC(N5CCNCC5)C4)cccc3C2=O)C(=O)N1. The summed E-state index contributed by atoms with van der Waals surface area (Å²) in [6.45, 7) is 7.79. The molecular weight excluding hydrogens is 370 g/mol. The molecule has 154 valence electrons. The number of imide groups is 1. The molecule has 0 saturated carbocycles. The first-order chi connectivity index (χ1) is 14.1. The number of rotatable bonds is 4. The van der Waals surface area contributed by atoms with Gasteiger partial charge in [-0.3, -0.25) is 29.5 Å². The largest absolute Gasteiger partial charge is 0.322 e. The molecule has 1 atom stereocenters. The summed E-state index contributed by atoms with van der Waals surface area (Å²) >= 11 is 0. The zero-order valence-corrected chi connectivity index (χ0v) is 16.5. The third-order valence-corrected chi connectivity index (χ3v) is 6.68. The minimum Gasteiger partial charge on any atom is -0.322 e. The van der Waals surface area contributed by atoms with Gasteiger partial charge in [-0.1, -0.05) is 12.1 Å². The molecule has 29 heavy (non-hydrogen) atoms. The van der Waals surface area contributed by atoms with Crippen LogP contribution in [0.1, 0.15) is 34.3 Å². The highest BCUT2D eigenvalue weighted by atomic mass is 16.2. The predicted molar refractivity (Wildman–Crippen MR) is 106 cm³/mol. The van der Waals surface area contributed by atoms with Gasteiger partial charge in [-0.05, 0) is 23.6 Å². The first kappa shape index (κ1) is 18.7. The zero-order chi connectivity index (χ0) is 20.0. The van der Waals surface area contributed by atoms with Crippen LogP contribution in [-0.2, 0) is 22.7 Å². The predicted octanol–water partition coefficient (Wildman–Crippen LogP) is -0.463. The van der Waals surface area contributed by atoms with Crippen molar-refractivity contribution in [1.82, 2.24) is 25.3 Å². The first-order valence-electron chi connectivity index (χ1n) is 10.5. The van der Waals surface area contributed by atoms with E-state index in [1.807, 2.05) is 12.1 Å². The van der Waals surface area contributed by atoms with Crippen LogP contribution in [-0.4, -0.2) is 83.8 Å². The Balaban J connectivity index is 1.25. The summed E-state index contributed by atoms with van der Waals surface area (Å²) in [6, 6.07) is 5.97. The highest BCUT2D eigenvalue weighted by Crippen LogP contribution is 2.31. The van der Waals surface area contributed by atoms with Gasteiger partial charge >= 0.3 is 0 Å². The maximum Gasteiger partial charge on any atom is 0.255 e. The molecule has 4 aliphatic rings. The van der Waals surface area contributed by atoms with Crippen LogP contribution in [0.25, 0.3) is 0 Å². The molecule has 0 aliphatic carbocycles. The highest BCUT2D eigenvalue weighted by molar-refractivity contribution is 6.05. The number of hydrogen-bond donors (Lipinski definition) is 2. The van der Waals surface area contributed by atoms with Crippen molar-refractivity contribution in [2.24, 2.45) is 0 Å². The number of hydrogen-bond acceptors (Lipinski definition) is 6. The number of benzene rings is 1. The lowest BCUT2D eigenvalue weighted by molar-refractivity contribution is -0.136. The molecule has 1 aromatic rings. The summed E-state index contributed by atoms with van der Waals surface area (Å²) in [5.74, 6) is -0.711. The lowest BCUT2D eigenvalue weighted by Gasteiger charge is -2.47. The summed E-state index contributed by atoms with van der Waals surface area (Å²) in [7, 11) is 0. The Morgan fingerprint density at radius 3 is 2.62 bits per heavy atom. The van der Waals surface area contributed by atoms with E-state index in [4.69, 9.17) is 0 Å². The van der Waals surface area contributed by atoms with Crippen LogP contribution < -0.4 is 10.6 Å². The topological polar surface area (TPSA) is 85.0 Å². The second-order valence-electron chi connectivity index (χ2n) is 8.48. The quantitative estimate of drug-likeness (QED) is 0.669. The van der Waals surface area contributed by atoms with Crippen molar-refractivity contribution in [3.05, 3.63) is 34.9 Å². The van der Waals surface area contributed by atoms with Crippen LogP contribution in [0.15, 0.2) is 18.2 Å². The van der Waals surface area contributed by atoms with Crippen LogP contribution in [0.4, 0.5) is 0 Å². The summed E-state index contributed by atoms with van der Waals surface area (Å²) in [5, 5.41) is 5.76. The van der Waals surface area contributed by atoms with E-state index in [0.29, 0.717) is 24.6 Å². The number of carbonyl (C=O) groups excluding carboxylic acids is 3. The molecule has 0 bridgehead atoms. The fourth-order valence-corrected chi connectivity index (χ4v) is 4.99. The zero-order valence-electron chi connectivity index (χ0n) is 16.5. The van der Waals surface area contributed by atoms with E-state index < -0.39 is 6.04 Å². The van der Waals surface area contributed by atoms with Gasteiger partial charge in [0, 0.05) is 70.4 Å². The summed E-state index contributed by atoms with van der Waals surface area (Å²) in [5.41, 5.74) is 2.91. The highest BCUT2D eigenvalue weighted by Gasteiger charge is 2.40. The molecule has 4 aliphatic heterocycles. The Labute approximate surface area is 170 Å². The molecule has 0 aromatic heterocycles. The Bertz CT molecular complexity index is 845. The van der Waals surface area contributed by atoms with Crippen molar-refractivity contribution in [3.8, 4) is 0 Å². The number of likely N-dealkylation sites (tertiary alicyclic amines) is 1. The minimum atomic E-state index is -0.554. The smallest absolute Gasteiger partial charge is 0.255 e. The normalized spacial score (nSPS) is 26.4. The molecule has 5 rings (SSSR count). The van der Waals surface area contributed by atoms with E-state index >= 15 is 0 Å². The number of piperidine rings is 1. The average Bonchev–Trinajstić information content (AvgIpc) is 3.02. The van der Waals surface area contributed by atoms with Crippen LogP contribution in [0.2, 0.25) is 0 Å². The lowest BCUT2D eigenvalue weighted by atomic mass is 10.00. The molecule has 1 aromatic carbocycles.